The molecule has 0 radical (unpaired) electrons. The van der Waals surface area contributed by atoms with Crippen LogP contribution in [0.3, 0.4) is 0 Å². The quantitative estimate of drug-likeness (QED) is 0.796. The number of rotatable bonds is 6. The summed E-state index contributed by atoms with van der Waals surface area (Å²) in [6, 6.07) is 2.05. The first-order chi connectivity index (χ1) is 8.74. The molecule has 0 atom stereocenters. The molecular weight excluding hydrogens is 228 g/mol. The zero-order chi connectivity index (χ0) is 13.0. The summed E-state index contributed by atoms with van der Waals surface area (Å²) in [5, 5.41) is 7.67. The van der Waals surface area contributed by atoms with Gasteiger partial charge in [0, 0.05) is 7.05 Å². The standard InChI is InChI=1S/C13H20N4O/c1-4-6-14-9-13-15-8-12(18-13)11-7-10(5-2)16-17(11)3/h7-8,14H,4-6,9H2,1-3H3. The highest BCUT2D eigenvalue weighted by molar-refractivity contribution is 5.51. The van der Waals surface area contributed by atoms with Gasteiger partial charge < -0.3 is 9.73 Å². The van der Waals surface area contributed by atoms with Crippen molar-refractivity contribution in [1.29, 1.82) is 0 Å². The molecule has 18 heavy (non-hydrogen) atoms. The van der Waals surface area contributed by atoms with Crippen molar-refractivity contribution in [2.24, 2.45) is 7.05 Å². The third-order valence-electron chi connectivity index (χ3n) is 2.80. The van der Waals surface area contributed by atoms with E-state index < -0.39 is 0 Å². The molecule has 0 aliphatic heterocycles. The molecule has 0 aliphatic rings. The van der Waals surface area contributed by atoms with Crippen molar-refractivity contribution < 1.29 is 4.42 Å². The second-order valence-electron chi connectivity index (χ2n) is 4.29. The maximum absolute atomic E-state index is 5.72. The lowest BCUT2D eigenvalue weighted by Crippen LogP contribution is -2.13. The minimum atomic E-state index is 0.673. The molecule has 0 bridgehead atoms. The molecule has 0 aliphatic carbocycles. The molecule has 1 N–H and O–H groups in total. The lowest BCUT2D eigenvalue weighted by molar-refractivity contribution is 0.474. The maximum atomic E-state index is 5.72. The number of nitrogens with zero attached hydrogens (tertiary/aromatic N) is 3. The lowest BCUT2D eigenvalue weighted by Gasteiger charge is -1.98. The predicted molar refractivity (Wildman–Crippen MR) is 70.1 cm³/mol. The highest BCUT2D eigenvalue weighted by Crippen LogP contribution is 2.21. The summed E-state index contributed by atoms with van der Waals surface area (Å²) >= 11 is 0. The van der Waals surface area contributed by atoms with Gasteiger partial charge in [-0.15, -0.1) is 0 Å². The summed E-state index contributed by atoms with van der Waals surface area (Å²) in [5.41, 5.74) is 2.04. The molecule has 5 heteroatoms. The summed E-state index contributed by atoms with van der Waals surface area (Å²) in [4.78, 5) is 4.27. The van der Waals surface area contributed by atoms with Crippen LogP contribution in [0.1, 0.15) is 31.9 Å². The van der Waals surface area contributed by atoms with E-state index in [1.165, 1.54) is 0 Å². The molecule has 2 heterocycles. The normalized spacial score (nSPS) is 11.1. The first-order valence-corrected chi connectivity index (χ1v) is 6.43. The zero-order valence-electron chi connectivity index (χ0n) is 11.2. The van der Waals surface area contributed by atoms with Crippen molar-refractivity contribution >= 4 is 0 Å². The minimum absolute atomic E-state index is 0.673. The Morgan fingerprint density at radius 3 is 2.89 bits per heavy atom. The van der Waals surface area contributed by atoms with Crippen LogP contribution in [0.2, 0.25) is 0 Å². The number of aromatic nitrogens is 3. The van der Waals surface area contributed by atoms with Gasteiger partial charge >= 0.3 is 0 Å². The molecule has 5 nitrogen and oxygen atoms in total. The third kappa shape index (κ3) is 2.79. The first-order valence-electron chi connectivity index (χ1n) is 6.43. The molecule has 0 saturated heterocycles. The fourth-order valence-electron chi connectivity index (χ4n) is 1.81. The summed E-state index contributed by atoms with van der Waals surface area (Å²) in [6.07, 6.45) is 3.79. The van der Waals surface area contributed by atoms with Crippen molar-refractivity contribution in [3.63, 3.8) is 0 Å². The van der Waals surface area contributed by atoms with E-state index in [0.717, 1.165) is 42.4 Å². The minimum Gasteiger partial charge on any atom is -0.438 e. The van der Waals surface area contributed by atoms with Crippen LogP contribution in [-0.4, -0.2) is 21.3 Å². The largest absolute Gasteiger partial charge is 0.438 e. The summed E-state index contributed by atoms with van der Waals surface area (Å²) in [5.74, 6) is 1.50. The molecule has 2 rings (SSSR count). The second kappa shape index (κ2) is 5.82. The van der Waals surface area contributed by atoms with Crippen LogP contribution in [0.25, 0.3) is 11.5 Å². The van der Waals surface area contributed by atoms with E-state index in [1.54, 1.807) is 6.20 Å². The Balaban J connectivity index is 2.11. The molecule has 0 spiro atoms. The third-order valence-corrected chi connectivity index (χ3v) is 2.80. The van der Waals surface area contributed by atoms with Gasteiger partial charge in [0.05, 0.1) is 18.4 Å². The van der Waals surface area contributed by atoms with E-state index in [9.17, 15) is 0 Å². The van der Waals surface area contributed by atoms with Gasteiger partial charge in [-0.2, -0.15) is 5.10 Å². The monoisotopic (exact) mass is 248 g/mol. The Kier molecular flexibility index (Phi) is 4.15. The molecule has 0 unspecified atom stereocenters. The number of hydrogen-bond donors (Lipinski definition) is 1. The second-order valence-corrected chi connectivity index (χ2v) is 4.29. The Morgan fingerprint density at radius 1 is 1.39 bits per heavy atom. The predicted octanol–water partition coefficient (Wildman–Crippen LogP) is 2.14. The van der Waals surface area contributed by atoms with Crippen molar-refractivity contribution in [2.75, 3.05) is 6.54 Å². The Hall–Kier alpha value is -1.62. The van der Waals surface area contributed by atoms with Gasteiger partial charge in [-0.1, -0.05) is 13.8 Å². The van der Waals surface area contributed by atoms with Gasteiger partial charge in [0.25, 0.3) is 0 Å². The fraction of sp³-hybridized carbons (Fsp3) is 0.538. The van der Waals surface area contributed by atoms with Gasteiger partial charge in [0.15, 0.2) is 5.76 Å². The van der Waals surface area contributed by atoms with Gasteiger partial charge in [-0.3, -0.25) is 4.68 Å². The van der Waals surface area contributed by atoms with Gasteiger partial charge in [0.1, 0.15) is 5.69 Å². The highest BCUT2D eigenvalue weighted by Gasteiger charge is 2.11. The van der Waals surface area contributed by atoms with Crippen LogP contribution < -0.4 is 5.32 Å². The van der Waals surface area contributed by atoms with Crippen molar-refractivity contribution in [3.05, 3.63) is 23.8 Å². The van der Waals surface area contributed by atoms with E-state index in [1.807, 2.05) is 17.8 Å². The molecule has 0 saturated carbocycles. The van der Waals surface area contributed by atoms with E-state index in [4.69, 9.17) is 4.42 Å². The van der Waals surface area contributed by atoms with Crippen LogP contribution in [0.15, 0.2) is 16.7 Å². The maximum Gasteiger partial charge on any atom is 0.208 e. The topological polar surface area (TPSA) is 55.9 Å². The zero-order valence-corrected chi connectivity index (χ0v) is 11.2. The number of oxazole rings is 1. The van der Waals surface area contributed by atoms with Crippen LogP contribution in [-0.2, 0) is 20.0 Å². The fourth-order valence-corrected chi connectivity index (χ4v) is 1.81. The highest BCUT2D eigenvalue weighted by atomic mass is 16.4. The van der Waals surface area contributed by atoms with Crippen LogP contribution in [0.5, 0.6) is 0 Å². The number of hydrogen-bond acceptors (Lipinski definition) is 4. The summed E-state index contributed by atoms with van der Waals surface area (Å²) in [6.45, 7) is 5.87. The molecule has 0 amide bonds. The average Bonchev–Trinajstić information content (AvgIpc) is 2.96. The first kappa shape index (κ1) is 12.8. The smallest absolute Gasteiger partial charge is 0.208 e. The summed E-state index contributed by atoms with van der Waals surface area (Å²) in [7, 11) is 1.92. The lowest BCUT2D eigenvalue weighted by atomic mass is 10.3. The number of aryl methyl sites for hydroxylation is 2. The Labute approximate surface area is 107 Å². The van der Waals surface area contributed by atoms with Crippen LogP contribution >= 0.6 is 0 Å². The molecule has 2 aromatic heterocycles. The Morgan fingerprint density at radius 2 is 2.22 bits per heavy atom. The molecular formula is C13H20N4O. The Bertz CT molecular complexity index is 501. The van der Waals surface area contributed by atoms with Gasteiger partial charge in [0.2, 0.25) is 5.89 Å². The van der Waals surface area contributed by atoms with E-state index >= 15 is 0 Å². The van der Waals surface area contributed by atoms with E-state index in [0.29, 0.717) is 6.54 Å². The van der Waals surface area contributed by atoms with Gasteiger partial charge in [-0.05, 0) is 25.5 Å². The SMILES string of the molecule is CCCNCc1ncc(-c2cc(CC)nn2C)o1. The summed E-state index contributed by atoms with van der Waals surface area (Å²) < 4.78 is 7.56. The van der Waals surface area contributed by atoms with Crippen molar-refractivity contribution in [1.82, 2.24) is 20.1 Å². The molecule has 0 aromatic carbocycles. The molecule has 0 fully saturated rings. The number of nitrogens with one attached hydrogen (secondary N) is 1. The molecule has 2 aromatic rings. The van der Waals surface area contributed by atoms with E-state index in [-0.39, 0.29) is 0 Å². The molecule has 98 valence electrons. The average molecular weight is 248 g/mol. The van der Waals surface area contributed by atoms with Crippen LogP contribution in [0, 0.1) is 0 Å². The van der Waals surface area contributed by atoms with Crippen LogP contribution in [0.4, 0.5) is 0 Å². The van der Waals surface area contributed by atoms with Gasteiger partial charge in [-0.25, -0.2) is 4.98 Å². The van der Waals surface area contributed by atoms with Crippen molar-refractivity contribution in [2.45, 2.75) is 33.2 Å². The van der Waals surface area contributed by atoms with Crippen molar-refractivity contribution in [3.8, 4) is 11.5 Å². The van der Waals surface area contributed by atoms with E-state index in [2.05, 4.69) is 29.2 Å².